The summed E-state index contributed by atoms with van der Waals surface area (Å²) in [5.74, 6) is 0. The number of benzene rings is 1. The van der Waals surface area contributed by atoms with E-state index in [9.17, 15) is 8.42 Å². The Morgan fingerprint density at radius 2 is 1.89 bits per heavy atom. The summed E-state index contributed by atoms with van der Waals surface area (Å²) >= 11 is 6.00. The number of anilines is 1. The Hall–Kier alpha value is -1.63. The Balaban J connectivity index is 2.21. The van der Waals surface area contributed by atoms with Crippen molar-refractivity contribution < 1.29 is 8.42 Å². The topological polar surface area (TPSA) is 85.1 Å². The van der Waals surface area contributed by atoms with E-state index in [0.717, 1.165) is 5.56 Å². The third-order valence-corrected chi connectivity index (χ3v) is 3.74. The summed E-state index contributed by atoms with van der Waals surface area (Å²) in [4.78, 5) is 3.94. The molecule has 0 saturated carbocycles. The normalized spacial score (nSPS) is 11.3. The predicted molar refractivity (Wildman–Crippen MR) is 74.4 cm³/mol. The molecule has 0 bridgehead atoms. The molecule has 0 spiro atoms. The van der Waals surface area contributed by atoms with Crippen LogP contribution in [0.25, 0.3) is 0 Å². The molecule has 1 aromatic heterocycles. The van der Waals surface area contributed by atoms with Crippen LogP contribution in [0.1, 0.15) is 5.56 Å². The van der Waals surface area contributed by atoms with Crippen LogP contribution in [0.2, 0.25) is 5.02 Å². The van der Waals surface area contributed by atoms with E-state index in [0.29, 0.717) is 17.3 Å². The van der Waals surface area contributed by atoms with E-state index >= 15 is 0 Å². The Labute approximate surface area is 116 Å². The zero-order valence-corrected chi connectivity index (χ0v) is 11.4. The van der Waals surface area contributed by atoms with Crippen LogP contribution in [0, 0.1) is 0 Å². The summed E-state index contributed by atoms with van der Waals surface area (Å²) in [6.45, 7) is 0.510. The van der Waals surface area contributed by atoms with Crippen molar-refractivity contribution in [1.82, 2.24) is 4.98 Å². The second-order valence-corrected chi connectivity index (χ2v) is 5.86. The van der Waals surface area contributed by atoms with Crippen molar-refractivity contribution >= 4 is 27.3 Å². The molecule has 0 amide bonds. The van der Waals surface area contributed by atoms with E-state index in [4.69, 9.17) is 16.7 Å². The number of hydrogen-bond donors (Lipinski definition) is 2. The molecule has 3 N–H and O–H groups in total. The lowest BCUT2D eigenvalue weighted by Gasteiger charge is -2.09. The largest absolute Gasteiger partial charge is 0.380 e. The molecule has 0 fully saturated rings. The number of halogens is 1. The van der Waals surface area contributed by atoms with Gasteiger partial charge < -0.3 is 5.32 Å². The highest BCUT2D eigenvalue weighted by molar-refractivity contribution is 7.89. The maximum atomic E-state index is 11.3. The van der Waals surface area contributed by atoms with Crippen LogP contribution in [-0.2, 0) is 16.6 Å². The van der Waals surface area contributed by atoms with Gasteiger partial charge in [-0.05, 0) is 35.9 Å². The second kappa shape index (κ2) is 5.56. The molecule has 0 aliphatic rings. The average molecular weight is 298 g/mol. The number of nitrogens with two attached hydrogens (primary N) is 1. The Morgan fingerprint density at radius 1 is 1.21 bits per heavy atom. The number of primary sulfonamides is 1. The minimum atomic E-state index is -3.73. The van der Waals surface area contributed by atoms with Crippen molar-refractivity contribution in [3.05, 3.63) is 53.3 Å². The fourth-order valence-electron chi connectivity index (χ4n) is 1.51. The predicted octanol–water partition coefficient (Wildman–Crippen LogP) is 1.99. The second-order valence-electron chi connectivity index (χ2n) is 3.90. The number of nitrogens with zero attached hydrogens (tertiary/aromatic N) is 1. The summed E-state index contributed by atoms with van der Waals surface area (Å²) in [5.41, 5.74) is 1.53. The fraction of sp³-hybridized carbons (Fsp3) is 0.0833. The zero-order valence-electron chi connectivity index (χ0n) is 9.88. The Bertz CT molecular complexity index is 675. The highest BCUT2D eigenvalue weighted by Crippen LogP contribution is 2.25. The smallest absolute Gasteiger partial charge is 0.238 e. The SMILES string of the molecule is NS(=O)(=O)c1ccc(Cl)c(NCc2ccncc2)c1. The molecule has 0 atom stereocenters. The quantitative estimate of drug-likeness (QED) is 0.904. The van der Waals surface area contributed by atoms with Crippen LogP contribution in [0.15, 0.2) is 47.6 Å². The molecule has 0 aliphatic carbocycles. The van der Waals surface area contributed by atoms with Gasteiger partial charge in [0.2, 0.25) is 10.0 Å². The number of rotatable bonds is 4. The van der Waals surface area contributed by atoms with Crippen LogP contribution < -0.4 is 10.5 Å². The van der Waals surface area contributed by atoms with Crippen LogP contribution >= 0.6 is 11.6 Å². The minimum absolute atomic E-state index is 0.0223. The maximum Gasteiger partial charge on any atom is 0.238 e. The molecular formula is C12H12ClN3O2S. The third kappa shape index (κ3) is 3.66. The van der Waals surface area contributed by atoms with Gasteiger partial charge in [-0.25, -0.2) is 13.6 Å². The van der Waals surface area contributed by atoms with Crippen molar-refractivity contribution in [2.24, 2.45) is 5.14 Å². The number of nitrogens with one attached hydrogen (secondary N) is 1. The van der Waals surface area contributed by atoms with E-state index in [2.05, 4.69) is 10.3 Å². The summed E-state index contributed by atoms with van der Waals surface area (Å²) in [7, 11) is -3.73. The van der Waals surface area contributed by atoms with E-state index in [1.54, 1.807) is 12.4 Å². The summed E-state index contributed by atoms with van der Waals surface area (Å²) in [6, 6.07) is 7.99. The van der Waals surface area contributed by atoms with Gasteiger partial charge in [0.15, 0.2) is 0 Å². The van der Waals surface area contributed by atoms with Crippen LogP contribution in [-0.4, -0.2) is 13.4 Å². The van der Waals surface area contributed by atoms with Crippen molar-refractivity contribution in [3.8, 4) is 0 Å². The maximum absolute atomic E-state index is 11.3. The molecular weight excluding hydrogens is 286 g/mol. The molecule has 100 valence electrons. The average Bonchev–Trinajstić information content (AvgIpc) is 2.37. The summed E-state index contributed by atoms with van der Waals surface area (Å²) < 4.78 is 22.5. The van der Waals surface area contributed by atoms with E-state index in [1.807, 2.05) is 12.1 Å². The zero-order chi connectivity index (χ0) is 13.9. The van der Waals surface area contributed by atoms with Gasteiger partial charge in [-0.2, -0.15) is 0 Å². The molecule has 0 saturated heterocycles. The standard InChI is InChI=1S/C12H12ClN3O2S/c13-11-2-1-10(19(14,17)18)7-12(11)16-8-9-3-5-15-6-4-9/h1-7,16H,8H2,(H2,14,17,18). The molecule has 7 heteroatoms. The highest BCUT2D eigenvalue weighted by atomic mass is 35.5. The number of hydrogen-bond acceptors (Lipinski definition) is 4. The van der Waals surface area contributed by atoms with Crippen LogP contribution in [0.5, 0.6) is 0 Å². The molecule has 19 heavy (non-hydrogen) atoms. The van der Waals surface area contributed by atoms with Crippen LogP contribution in [0.4, 0.5) is 5.69 Å². The van der Waals surface area contributed by atoms with Gasteiger partial charge in [-0.3, -0.25) is 4.98 Å². The van der Waals surface area contributed by atoms with Crippen molar-refractivity contribution in [1.29, 1.82) is 0 Å². The molecule has 0 radical (unpaired) electrons. The molecule has 1 aromatic carbocycles. The Morgan fingerprint density at radius 3 is 2.53 bits per heavy atom. The first-order valence-electron chi connectivity index (χ1n) is 5.42. The lowest BCUT2D eigenvalue weighted by Crippen LogP contribution is -2.12. The van der Waals surface area contributed by atoms with Gasteiger partial charge in [-0.1, -0.05) is 11.6 Å². The summed E-state index contributed by atoms with van der Waals surface area (Å²) in [6.07, 6.45) is 3.36. The summed E-state index contributed by atoms with van der Waals surface area (Å²) in [5, 5.41) is 8.57. The van der Waals surface area contributed by atoms with Gasteiger partial charge >= 0.3 is 0 Å². The van der Waals surface area contributed by atoms with Crippen LogP contribution in [0.3, 0.4) is 0 Å². The molecule has 0 unspecified atom stereocenters. The first-order valence-corrected chi connectivity index (χ1v) is 7.34. The first kappa shape index (κ1) is 13.8. The number of pyridine rings is 1. The minimum Gasteiger partial charge on any atom is -0.380 e. The molecule has 1 heterocycles. The van der Waals surface area contributed by atoms with Gasteiger partial charge in [0.1, 0.15) is 0 Å². The number of sulfonamides is 1. The van der Waals surface area contributed by atoms with Gasteiger partial charge in [0, 0.05) is 18.9 Å². The molecule has 0 aliphatic heterocycles. The fourth-order valence-corrected chi connectivity index (χ4v) is 2.24. The van der Waals surface area contributed by atoms with Gasteiger partial charge in [0.05, 0.1) is 15.6 Å². The number of aromatic nitrogens is 1. The van der Waals surface area contributed by atoms with Gasteiger partial charge in [-0.15, -0.1) is 0 Å². The van der Waals surface area contributed by atoms with E-state index in [-0.39, 0.29) is 4.90 Å². The van der Waals surface area contributed by atoms with Crippen molar-refractivity contribution in [2.45, 2.75) is 11.4 Å². The lowest BCUT2D eigenvalue weighted by atomic mass is 10.2. The lowest BCUT2D eigenvalue weighted by molar-refractivity contribution is 0.598. The molecule has 2 aromatic rings. The van der Waals surface area contributed by atoms with E-state index in [1.165, 1.54) is 18.2 Å². The third-order valence-electron chi connectivity index (χ3n) is 2.50. The van der Waals surface area contributed by atoms with E-state index < -0.39 is 10.0 Å². The van der Waals surface area contributed by atoms with Crippen molar-refractivity contribution in [3.63, 3.8) is 0 Å². The first-order chi connectivity index (χ1) is 8.97. The Kier molecular flexibility index (Phi) is 4.04. The van der Waals surface area contributed by atoms with Crippen molar-refractivity contribution in [2.75, 3.05) is 5.32 Å². The highest BCUT2D eigenvalue weighted by Gasteiger charge is 2.10. The molecule has 2 rings (SSSR count). The monoisotopic (exact) mass is 297 g/mol. The molecule has 5 nitrogen and oxygen atoms in total. The van der Waals surface area contributed by atoms with Gasteiger partial charge in [0.25, 0.3) is 0 Å².